The monoisotopic (exact) mass is 144 g/mol. The molecule has 0 unspecified atom stereocenters. The Bertz CT molecular complexity index is 145. The molecule has 0 aliphatic rings. The van der Waals surface area contributed by atoms with Crippen LogP contribution in [-0.4, -0.2) is 18.9 Å². The lowest BCUT2D eigenvalue weighted by atomic mass is 10.1. The Morgan fingerprint density at radius 1 is 1.60 bits per heavy atom. The smallest absolute Gasteiger partial charge is 0.220 e. The Kier molecular flexibility index (Phi) is 3.46. The highest BCUT2D eigenvalue weighted by atomic mass is 16.2. The van der Waals surface area contributed by atoms with Gasteiger partial charge < -0.3 is 11.1 Å². The summed E-state index contributed by atoms with van der Waals surface area (Å²) in [5.74, 6) is -0.977. The molecule has 3 N–H and O–H groups in total. The summed E-state index contributed by atoms with van der Waals surface area (Å²) < 4.78 is 0. The van der Waals surface area contributed by atoms with Gasteiger partial charge >= 0.3 is 0 Å². The number of rotatable bonds is 3. The zero-order valence-corrected chi connectivity index (χ0v) is 6.18. The highest BCUT2D eigenvalue weighted by Gasteiger charge is 2.11. The van der Waals surface area contributed by atoms with Gasteiger partial charge in [-0.25, -0.2) is 0 Å². The van der Waals surface area contributed by atoms with Crippen molar-refractivity contribution in [1.29, 1.82) is 0 Å². The molecular weight excluding hydrogens is 132 g/mol. The van der Waals surface area contributed by atoms with Crippen LogP contribution in [0.3, 0.4) is 0 Å². The van der Waals surface area contributed by atoms with Gasteiger partial charge in [-0.3, -0.25) is 9.59 Å². The lowest BCUT2D eigenvalue weighted by Gasteiger charge is -2.03. The average molecular weight is 144 g/mol. The summed E-state index contributed by atoms with van der Waals surface area (Å²) in [4.78, 5) is 21.0. The molecule has 0 fully saturated rings. The fraction of sp³-hybridized carbons (Fsp3) is 0.667. The first-order valence-electron chi connectivity index (χ1n) is 3.07. The minimum absolute atomic E-state index is 0.161. The van der Waals surface area contributed by atoms with Gasteiger partial charge in [-0.2, -0.15) is 0 Å². The van der Waals surface area contributed by atoms with Gasteiger partial charge in [-0.1, -0.05) is 6.92 Å². The van der Waals surface area contributed by atoms with Crippen molar-refractivity contribution in [3.05, 3.63) is 0 Å². The second-order valence-corrected chi connectivity index (χ2v) is 2.18. The summed E-state index contributed by atoms with van der Waals surface area (Å²) >= 11 is 0. The number of amides is 2. The molecule has 0 aromatic rings. The van der Waals surface area contributed by atoms with Crippen LogP contribution in [0.1, 0.15) is 13.3 Å². The van der Waals surface area contributed by atoms with Gasteiger partial charge in [0, 0.05) is 19.4 Å². The first-order valence-corrected chi connectivity index (χ1v) is 3.07. The van der Waals surface area contributed by atoms with Gasteiger partial charge in [0.15, 0.2) is 0 Å². The SMILES string of the molecule is CNC(=O)C[C@@H](C)C(N)=O. The lowest BCUT2D eigenvalue weighted by molar-refractivity contribution is -0.127. The van der Waals surface area contributed by atoms with Gasteiger partial charge in [0.2, 0.25) is 11.8 Å². The van der Waals surface area contributed by atoms with Crippen LogP contribution in [0.15, 0.2) is 0 Å². The van der Waals surface area contributed by atoms with Crippen molar-refractivity contribution in [2.75, 3.05) is 7.05 Å². The molecule has 0 aliphatic carbocycles. The largest absolute Gasteiger partial charge is 0.369 e. The van der Waals surface area contributed by atoms with Crippen molar-refractivity contribution < 1.29 is 9.59 Å². The van der Waals surface area contributed by atoms with E-state index in [2.05, 4.69) is 5.32 Å². The molecule has 4 heteroatoms. The predicted molar refractivity (Wildman–Crippen MR) is 37.0 cm³/mol. The minimum Gasteiger partial charge on any atom is -0.369 e. The highest BCUT2D eigenvalue weighted by Crippen LogP contribution is 1.98. The van der Waals surface area contributed by atoms with Gasteiger partial charge in [-0.15, -0.1) is 0 Å². The molecule has 0 aliphatic heterocycles. The van der Waals surface area contributed by atoms with E-state index in [4.69, 9.17) is 5.73 Å². The molecule has 58 valence electrons. The molecule has 10 heavy (non-hydrogen) atoms. The molecule has 0 radical (unpaired) electrons. The molecule has 0 saturated heterocycles. The Balaban J connectivity index is 3.68. The highest BCUT2D eigenvalue weighted by molar-refractivity contribution is 5.84. The third-order valence-electron chi connectivity index (χ3n) is 1.26. The second-order valence-electron chi connectivity index (χ2n) is 2.18. The molecular formula is C6H12N2O2. The van der Waals surface area contributed by atoms with Crippen molar-refractivity contribution in [3.8, 4) is 0 Å². The molecule has 0 aromatic carbocycles. The zero-order valence-electron chi connectivity index (χ0n) is 6.18. The maximum Gasteiger partial charge on any atom is 0.220 e. The van der Waals surface area contributed by atoms with Crippen LogP contribution in [0.5, 0.6) is 0 Å². The van der Waals surface area contributed by atoms with Crippen LogP contribution in [-0.2, 0) is 9.59 Å². The number of carbonyl (C=O) groups is 2. The van der Waals surface area contributed by atoms with Crippen LogP contribution < -0.4 is 11.1 Å². The molecule has 4 nitrogen and oxygen atoms in total. The summed E-state index contributed by atoms with van der Waals surface area (Å²) in [5, 5.41) is 2.40. The molecule has 0 heterocycles. The van der Waals surface area contributed by atoms with E-state index in [1.807, 2.05) is 0 Å². The standard InChI is InChI=1S/C6H12N2O2/c1-4(6(7)10)3-5(9)8-2/h4H,3H2,1-2H3,(H2,7,10)(H,8,9)/t4-/m1/s1. The number of hydrogen-bond acceptors (Lipinski definition) is 2. The molecule has 0 saturated carbocycles. The van der Waals surface area contributed by atoms with Crippen molar-refractivity contribution in [2.45, 2.75) is 13.3 Å². The van der Waals surface area contributed by atoms with Crippen molar-refractivity contribution in [3.63, 3.8) is 0 Å². The van der Waals surface area contributed by atoms with E-state index >= 15 is 0 Å². The maximum absolute atomic E-state index is 10.6. The molecule has 0 spiro atoms. The third kappa shape index (κ3) is 3.06. The number of carbonyl (C=O) groups excluding carboxylic acids is 2. The van der Waals surface area contributed by atoms with Crippen molar-refractivity contribution in [1.82, 2.24) is 5.32 Å². The van der Waals surface area contributed by atoms with Gasteiger partial charge in [0.05, 0.1) is 0 Å². The number of hydrogen-bond donors (Lipinski definition) is 2. The first-order chi connectivity index (χ1) is 4.57. The molecule has 0 rings (SSSR count). The van der Waals surface area contributed by atoms with Gasteiger partial charge in [0.1, 0.15) is 0 Å². The Morgan fingerprint density at radius 3 is 2.40 bits per heavy atom. The second kappa shape index (κ2) is 3.87. The van der Waals surface area contributed by atoms with E-state index in [1.54, 1.807) is 6.92 Å². The minimum atomic E-state index is -0.441. The van der Waals surface area contributed by atoms with E-state index in [0.29, 0.717) is 0 Å². The van der Waals surface area contributed by atoms with Crippen molar-refractivity contribution in [2.24, 2.45) is 11.7 Å². The van der Waals surface area contributed by atoms with E-state index in [-0.39, 0.29) is 18.2 Å². The quantitative estimate of drug-likeness (QED) is 0.546. The normalized spacial score (nSPS) is 12.2. The topological polar surface area (TPSA) is 72.2 Å². The molecule has 0 aromatic heterocycles. The van der Waals surface area contributed by atoms with Gasteiger partial charge in [0.25, 0.3) is 0 Å². The number of nitrogens with two attached hydrogens (primary N) is 1. The van der Waals surface area contributed by atoms with E-state index in [1.165, 1.54) is 7.05 Å². The summed E-state index contributed by atoms with van der Waals surface area (Å²) in [6.45, 7) is 1.62. The van der Waals surface area contributed by atoms with Crippen LogP contribution in [0.25, 0.3) is 0 Å². The van der Waals surface area contributed by atoms with Crippen LogP contribution >= 0.6 is 0 Å². The number of primary amides is 1. The third-order valence-corrected chi connectivity index (χ3v) is 1.26. The lowest BCUT2D eigenvalue weighted by Crippen LogP contribution is -2.27. The Hall–Kier alpha value is -1.06. The number of nitrogens with one attached hydrogen (secondary N) is 1. The van der Waals surface area contributed by atoms with Crippen LogP contribution in [0.4, 0.5) is 0 Å². The van der Waals surface area contributed by atoms with E-state index < -0.39 is 5.91 Å². The summed E-state index contributed by atoms with van der Waals surface area (Å²) in [6.07, 6.45) is 0.172. The van der Waals surface area contributed by atoms with Crippen LogP contribution in [0, 0.1) is 5.92 Å². The zero-order chi connectivity index (χ0) is 8.15. The van der Waals surface area contributed by atoms with Gasteiger partial charge in [-0.05, 0) is 0 Å². The summed E-state index contributed by atoms with van der Waals surface area (Å²) in [6, 6.07) is 0. The fourth-order valence-electron chi connectivity index (χ4n) is 0.481. The van der Waals surface area contributed by atoms with E-state index in [9.17, 15) is 9.59 Å². The Morgan fingerprint density at radius 2 is 2.10 bits per heavy atom. The average Bonchev–Trinajstić information content (AvgIpc) is 1.87. The first kappa shape index (κ1) is 8.94. The molecule has 2 amide bonds. The molecule has 0 bridgehead atoms. The van der Waals surface area contributed by atoms with E-state index in [0.717, 1.165) is 0 Å². The maximum atomic E-state index is 10.6. The van der Waals surface area contributed by atoms with Crippen molar-refractivity contribution >= 4 is 11.8 Å². The van der Waals surface area contributed by atoms with Crippen LogP contribution in [0.2, 0.25) is 0 Å². The summed E-state index contributed by atoms with van der Waals surface area (Å²) in [7, 11) is 1.52. The predicted octanol–water partition coefficient (Wildman–Crippen LogP) is -0.756. The fourth-order valence-corrected chi connectivity index (χ4v) is 0.481. The Labute approximate surface area is 59.8 Å². The molecule has 1 atom stereocenters. The summed E-state index contributed by atoms with van der Waals surface area (Å²) in [5.41, 5.74) is 4.92.